The molecule has 18 heavy (non-hydrogen) atoms. The van der Waals surface area contributed by atoms with Gasteiger partial charge in [0.1, 0.15) is 0 Å². The van der Waals surface area contributed by atoms with Gasteiger partial charge in [0, 0.05) is 19.5 Å². The molecule has 4 N–H and O–H groups in total. The second-order valence-corrected chi connectivity index (χ2v) is 5.27. The molecule has 1 fully saturated rings. The third-order valence-corrected chi connectivity index (χ3v) is 3.75. The van der Waals surface area contributed by atoms with Crippen molar-refractivity contribution in [1.82, 2.24) is 4.90 Å². The molecule has 0 spiro atoms. The molecule has 0 aliphatic carbocycles. The number of carbonyl (C=O) groups is 2. The normalized spacial score (nSPS) is 18.4. The van der Waals surface area contributed by atoms with Crippen molar-refractivity contribution in [1.29, 1.82) is 0 Å². The van der Waals surface area contributed by atoms with E-state index in [1.807, 2.05) is 6.92 Å². The number of piperidine rings is 1. The van der Waals surface area contributed by atoms with Gasteiger partial charge in [-0.15, -0.1) is 0 Å². The number of amides is 2. The van der Waals surface area contributed by atoms with Crippen LogP contribution in [0.2, 0.25) is 0 Å². The minimum atomic E-state index is -0.354. The lowest BCUT2D eigenvalue weighted by Gasteiger charge is -2.33. The van der Waals surface area contributed by atoms with Crippen molar-refractivity contribution in [2.45, 2.75) is 32.6 Å². The lowest BCUT2D eigenvalue weighted by atomic mass is 9.92. The summed E-state index contributed by atoms with van der Waals surface area (Å²) in [6.45, 7) is 3.23. The molecule has 1 rings (SSSR count). The Morgan fingerprint density at radius 2 is 1.89 bits per heavy atom. The van der Waals surface area contributed by atoms with Crippen molar-refractivity contribution in [2.24, 2.45) is 23.3 Å². The first kappa shape index (κ1) is 14.9. The van der Waals surface area contributed by atoms with E-state index in [1.54, 1.807) is 4.90 Å². The van der Waals surface area contributed by atoms with E-state index >= 15 is 0 Å². The zero-order valence-corrected chi connectivity index (χ0v) is 11.5. The quantitative estimate of drug-likeness (QED) is 0.709. The van der Waals surface area contributed by atoms with Gasteiger partial charge in [-0.25, -0.2) is 0 Å². The molecule has 1 atom stereocenters. The van der Waals surface area contributed by atoms with Gasteiger partial charge in [0.15, 0.2) is 0 Å². The van der Waals surface area contributed by atoms with Crippen molar-refractivity contribution in [2.75, 3.05) is 13.1 Å². The van der Waals surface area contributed by atoms with Crippen molar-refractivity contribution in [3.8, 4) is 0 Å². The Balaban J connectivity index is 2.49. The average molecular weight is 271 g/mol. The second-order valence-electron chi connectivity index (χ2n) is 4.80. The predicted molar refractivity (Wildman–Crippen MR) is 73.7 cm³/mol. The van der Waals surface area contributed by atoms with Crippen LogP contribution in [0.25, 0.3) is 0 Å². The summed E-state index contributed by atoms with van der Waals surface area (Å²) in [4.78, 5) is 25.1. The SMILES string of the molecule is CCC(C(=O)N1CCC(CC(N)=O)CC1)C(N)=S. The van der Waals surface area contributed by atoms with E-state index in [4.69, 9.17) is 23.7 Å². The van der Waals surface area contributed by atoms with E-state index in [0.29, 0.717) is 31.8 Å². The standard InChI is InChI=1S/C12H21N3O2S/c1-2-9(11(14)18)12(17)15-5-3-8(4-6-15)7-10(13)16/h8-9H,2-7H2,1H3,(H2,13,16)(H2,14,18). The monoisotopic (exact) mass is 271 g/mol. The van der Waals surface area contributed by atoms with Crippen LogP contribution in [0, 0.1) is 11.8 Å². The van der Waals surface area contributed by atoms with E-state index < -0.39 is 0 Å². The van der Waals surface area contributed by atoms with E-state index in [1.165, 1.54) is 0 Å². The molecule has 0 radical (unpaired) electrons. The van der Waals surface area contributed by atoms with Gasteiger partial charge in [-0.05, 0) is 25.2 Å². The first-order chi connectivity index (χ1) is 8.45. The number of likely N-dealkylation sites (tertiary alicyclic amines) is 1. The van der Waals surface area contributed by atoms with Gasteiger partial charge < -0.3 is 16.4 Å². The highest BCUT2D eigenvalue weighted by atomic mass is 32.1. The number of hydrogen-bond acceptors (Lipinski definition) is 3. The first-order valence-electron chi connectivity index (χ1n) is 6.32. The average Bonchev–Trinajstić information content (AvgIpc) is 2.29. The Kier molecular flexibility index (Phi) is 5.53. The van der Waals surface area contributed by atoms with Crippen molar-refractivity contribution >= 4 is 29.0 Å². The van der Waals surface area contributed by atoms with Crippen LogP contribution >= 0.6 is 12.2 Å². The Labute approximate surface area is 113 Å². The molecule has 1 heterocycles. The van der Waals surface area contributed by atoms with Crippen LogP contribution in [-0.2, 0) is 9.59 Å². The minimum Gasteiger partial charge on any atom is -0.393 e. The fourth-order valence-electron chi connectivity index (χ4n) is 2.36. The van der Waals surface area contributed by atoms with Crippen molar-refractivity contribution < 1.29 is 9.59 Å². The van der Waals surface area contributed by atoms with Crippen LogP contribution in [0.1, 0.15) is 32.6 Å². The maximum atomic E-state index is 12.2. The molecule has 1 unspecified atom stereocenters. The predicted octanol–water partition coefficient (Wildman–Crippen LogP) is 0.413. The van der Waals surface area contributed by atoms with E-state index in [2.05, 4.69) is 0 Å². The molecule has 1 saturated heterocycles. The molecule has 102 valence electrons. The van der Waals surface area contributed by atoms with Crippen molar-refractivity contribution in [3.63, 3.8) is 0 Å². The molecule has 0 aromatic heterocycles. The van der Waals surface area contributed by atoms with Gasteiger partial charge in [-0.1, -0.05) is 19.1 Å². The zero-order chi connectivity index (χ0) is 13.7. The third-order valence-electron chi connectivity index (χ3n) is 3.47. The summed E-state index contributed by atoms with van der Waals surface area (Å²) < 4.78 is 0. The molecule has 0 aromatic rings. The Morgan fingerprint density at radius 3 is 2.28 bits per heavy atom. The molecular weight excluding hydrogens is 250 g/mol. The fraction of sp³-hybridized carbons (Fsp3) is 0.750. The number of primary amides is 1. The summed E-state index contributed by atoms with van der Waals surface area (Å²) in [5, 5.41) is 0. The van der Waals surface area contributed by atoms with Gasteiger partial charge in [0.05, 0.1) is 10.9 Å². The number of hydrogen-bond donors (Lipinski definition) is 2. The first-order valence-corrected chi connectivity index (χ1v) is 6.73. The topological polar surface area (TPSA) is 89.4 Å². The van der Waals surface area contributed by atoms with Crippen molar-refractivity contribution in [3.05, 3.63) is 0 Å². The van der Waals surface area contributed by atoms with Crippen LogP contribution in [0.5, 0.6) is 0 Å². The van der Waals surface area contributed by atoms with E-state index in [9.17, 15) is 9.59 Å². The summed E-state index contributed by atoms with van der Waals surface area (Å²) in [6, 6.07) is 0. The summed E-state index contributed by atoms with van der Waals surface area (Å²) in [5.74, 6) is -0.305. The lowest BCUT2D eigenvalue weighted by molar-refractivity contribution is -0.134. The second kappa shape index (κ2) is 6.68. The zero-order valence-electron chi connectivity index (χ0n) is 10.7. The van der Waals surface area contributed by atoms with Crippen LogP contribution in [0.4, 0.5) is 0 Å². The molecular formula is C12H21N3O2S. The number of nitrogens with zero attached hydrogens (tertiary/aromatic N) is 1. The molecule has 1 aliphatic rings. The maximum absolute atomic E-state index is 12.2. The lowest BCUT2D eigenvalue weighted by Crippen LogP contribution is -2.45. The van der Waals surface area contributed by atoms with Crippen LogP contribution in [-0.4, -0.2) is 34.8 Å². The molecule has 6 heteroatoms. The highest BCUT2D eigenvalue weighted by molar-refractivity contribution is 7.80. The molecule has 1 aliphatic heterocycles. The van der Waals surface area contributed by atoms with Crippen LogP contribution in [0.3, 0.4) is 0 Å². The highest BCUT2D eigenvalue weighted by Crippen LogP contribution is 2.22. The summed E-state index contributed by atoms with van der Waals surface area (Å²) >= 11 is 4.91. The summed E-state index contributed by atoms with van der Waals surface area (Å²) in [5.41, 5.74) is 10.7. The summed E-state index contributed by atoms with van der Waals surface area (Å²) in [7, 11) is 0. The number of thiocarbonyl (C=S) groups is 1. The fourth-order valence-corrected chi connectivity index (χ4v) is 2.63. The van der Waals surface area contributed by atoms with Gasteiger partial charge in [0.25, 0.3) is 0 Å². The van der Waals surface area contributed by atoms with E-state index in [-0.39, 0.29) is 22.7 Å². The van der Waals surface area contributed by atoms with Gasteiger partial charge in [-0.2, -0.15) is 0 Å². The molecule has 0 saturated carbocycles. The molecule has 0 aromatic carbocycles. The molecule has 2 amide bonds. The number of rotatable bonds is 5. The number of nitrogens with two attached hydrogens (primary N) is 2. The Hall–Kier alpha value is -1.17. The van der Waals surface area contributed by atoms with Gasteiger partial charge in [0.2, 0.25) is 11.8 Å². The minimum absolute atomic E-state index is 0.0162. The van der Waals surface area contributed by atoms with Crippen LogP contribution in [0.15, 0.2) is 0 Å². The van der Waals surface area contributed by atoms with E-state index in [0.717, 1.165) is 12.8 Å². The number of carbonyl (C=O) groups excluding carboxylic acids is 2. The van der Waals surface area contributed by atoms with Crippen LogP contribution < -0.4 is 11.5 Å². The Morgan fingerprint density at radius 1 is 1.33 bits per heavy atom. The molecule has 0 bridgehead atoms. The Bertz CT molecular complexity index is 338. The van der Waals surface area contributed by atoms with Gasteiger partial charge >= 0.3 is 0 Å². The largest absolute Gasteiger partial charge is 0.393 e. The smallest absolute Gasteiger partial charge is 0.232 e. The third kappa shape index (κ3) is 3.94. The maximum Gasteiger partial charge on any atom is 0.232 e. The highest BCUT2D eigenvalue weighted by Gasteiger charge is 2.29. The van der Waals surface area contributed by atoms with Gasteiger partial charge in [-0.3, -0.25) is 9.59 Å². The summed E-state index contributed by atoms with van der Waals surface area (Å²) in [6.07, 6.45) is 2.69. The molecule has 5 nitrogen and oxygen atoms in total.